The number of benzene rings is 1. The SMILES string of the molecule is CCOP(=O)(N[C@H](C)COS(=O)(=O)c1ccc(C)cc1)OCC. The second-order valence-corrected chi connectivity index (χ2v) is 8.30. The molecule has 23 heavy (non-hydrogen) atoms. The molecule has 1 rings (SSSR count). The third-order valence-electron chi connectivity index (χ3n) is 2.76. The van der Waals surface area contributed by atoms with Crippen molar-refractivity contribution in [3.8, 4) is 0 Å². The van der Waals surface area contributed by atoms with E-state index in [0.29, 0.717) is 0 Å². The number of nitrogens with one attached hydrogen (secondary N) is 1. The van der Waals surface area contributed by atoms with Gasteiger partial charge in [0.2, 0.25) is 0 Å². The fraction of sp³-hybridized carbons (Fsp3) is 0.571. The predicted molar refractivity (Wildman–Crippen MR) is 87.8 cm³/mol. The van der Waals surface area contributed by atoms with Crippen LogP contribution in [0.5, 0.6) is 0 Å². The topological polar surface area (TPSA) is 90.9 Å². The molecule has 1 aromatic rings. The lowest BCUT2D eigenvalue weighted by molar-refractivity contribution is 0.199. The zero-order valence-electron chi connectivity index (χ0n) is 13.8. The van der Waals surface area contributed by atoms with E-state index in [-0.39, 0.29) is 24.7 Å². The highest BCUT2D eigenvalue weighted by Crippen LogP contribution is 2.43. The molecule has 1 atom stereocenters. The summed E-state index contributed by atoms with van der Waals surface area (Å²) in [5.41, 5.74) is 0.952. The molecule has 0 fully saturated rings. The third kappa shape index (κ3) is 6.71. The second-order valence-electron chi connectivity index (χ2n) is 4.91. The number of aryl methyl sites for hydroxylation is 1. The van der Waals surface area contributed by atoms with E-state index in [1.54, 1.807) is 32.9 Å². The van der Waals surface area contributed by atoms with Gasteiger partial charge in [0.1, 0.15) is 0 Å². The van der Waals surface area contributed by atoms with E-state index in [4.69, 9.17) is 13.2 Å². The second kappa shape index (κ2) is 8.92. The first-order valence-electron chi connectivity index (χ1n) is 7.35. The van der Waals surface area contributed by atoms with E-state index in [0.717, 1.165) is 5.56 Å². The van der Waals surface area contributed by atoms with E-state index in [1.165, 1.54) is 12.1 Å². The Kier molecular flexibility index (Phi) is 7.86. The molecule has 0 spiro atoms. The molecule has 7 nitrogen and oxygen atoms in total. The van der Waals surface area contributed by atoms with Crippen LogP contribution in [0, 0.1) is 6.92 Å². The maximum atomic E-state index is 12.3. The average Bonchev–Trinajstić information content (AvgIpc) is 2.46. The zero-order valence-corrected chi connectivity index (χ0v) is 15.5. The highest BCUT2D eigenvalue weighted by atomic mass is 32.2. The van der Waals surface area contributed by atoms with Gasteiger partial charge in [-0.05, 0) is 39.8 Å². The molecule has 1 N–H and O–H groups in total. The van der Waals surface area contributed by atoms with Crippen molar-refractivity contribution in [2.75, 3.05) is 19.8 Å². The monoisotopic (exact) mass is 365 g/mol. The van der Waals surface area contributed by atoms with Crippen LogP contribution in [-0.4, -0.2) is 34.3 Å². The Morgan fingerprint density at radius 1 is 1.13 bits per heavy atom. The molecule has 0 heterocycles. The first-order valence-corrected chi connectivity index (χ1v) is 10.3. The Bertz CT molecular complexity index is 621. The quantitative estimate of drug-likeness (QED) is 0.503. The van der Waals surface area contributed by atoms with Crippen molar-refractivity contribution < 1.29 is 26.2 Å². The van der Waals surface area contributed by atoms with E-state index in [9.17, 15) is 13.0 Å². The van der Waals surface area contributed by atoms with Crippen LogP contribution in [-0.2, 0) is 27.9 Å². The number of rotatable bonds is 10. The van der Waals surface area contributed by atoms with Gasteiger partial charge >= 0.3 is 7.75 Å². The van der Waals surface area contributed by atoms with Gasteiger partial charge in [-0.15, -0.1) is 0 Å². The first kappa shape index (κ1) is 20.3. The van der Waals surface area contributed by atoms with Gasteiger partial charge in [-0.2, -0.15) is 8.42 Å². The van der Waals surface area contributed by atoms with Gasteiger partial charge in [-0.1, -0.05) is 17.7 Å². The third-order valence-corrected chi connectivity index (χ3v) is 6.01. The van der Waals surface area contributed by atoms with Crippen LogP contribution >= 0.6 is 7.75 Å². The summed E-state index contributed by atoms with van der Waals surface area (Å²) < 4.78 is 51.6. The molecule has 0 saturated carbocycles. The average molecular weight is 365 g/mol. The van der Waals surface area contributed by atoms with Crippen LogP contribution in [0.4, 0.5) is 0 Å². The first-order chi connectivity index (χ1) is 10.7. The van der Waals surface area contributed by atoms with E-state index < -0.39 is 23.9 Å². The van der Waals surface area contributed by atoms with Crippen LogP contribution in [0.15, 0.2) is 29.2 Å². The molecule has 0 amide bonds. The van der Waals surface area contributed by atoms with Gasteiger partial charge in [0.05, 0.1) is 24.7 Å². The molecular weight excluding hydrogens is 341 g/mol. The van der Waals surface area contributed by atoms with Crippen molar-refractivity contribution in [2.45, 2.75) is 38.6 Å². The molecule has 0 radical (unpaired) electrons. The lowest BCUT2D eigenvalue weighted by Crippen LogP contribution is -2.30. The van der Waals surface area contributed by atoms with Crippen molar-refractivity contribution in [2.24, 2.45) is 0 Å². The van der Waals surface area contributed by atoms with Crippen LogP contribution in [0.3, 0.4) is 0 Å². The molecule has 9 heteroatoms. The van der Waals surface area contributed by atoms with Gasteiger partial charge in [-0.25, -0.2) is 9.65 Å². The fourth-order valence-electron chi connectivity index (χ4n) is 1.72. The standard InChI is InChI=1S/C14H24NO6PS/c1-5-19-22(16,20-6-2)15-13(4)11-21-23(17,18)14-9-7-12(3)8-10-14/h7-10,13H,5-6,11H2,1-4H3,(H,15,16)/t13-/m1/s1. The van der Waals surface area contributed by atoms with Crippen LogP contribution in [0.1, 0.15) is 26.3 Å². The molecular formula is C14H24NO6PS. The molecule has 0 aromatic heterocycles. The highest BCUT2D eigenvalue weighted by Gasteiger charge is 2.27. The lowest BCUT2D eigenvalue weighted by atomic mass is 10.2. The summed E-state index contributed by atoms with van der Waals surface area (Å²) >= 11 is 0. The molecule has 0 bridgehead atoms. The van der Waals surface area contributed by atoms with E-state index in [1.807, 2.05) is 6.92 Å². The molecule has 0 aliphatic heterocycles. The molecule has 132 valence electrons. The summed E-state index contributed by atoms with van der Waals surface area (Å²) in [7, 11) is -7.32. The Hall–Kier alpha value is -0.760. The minimum Gasteiger partial charge on any atom is -0.297 e. The van der Waals surface area contributed by atoms with Crippen LogP contribution < -0.4 is 5.09 Å². The Labute approximate surface area is 138 Å². The van der Waals surface area contributed by atoms with Crippen molar-refractivity contribution in [3.63, 3.8) is 0 Å². The van der Waals surface area contributed by atoms with E-state index in [2.05, 4.69) is 5.09 Å². The minimum atomic E-state index is -3.86. The summed E-state index contributed by atoms with van der Waals surface area (Å²) in [5, 5.41) is 2.65. The molecule has 0 aliphatic carbocycles. The zero-order chi connectivity index (χ0) is 17.5. The Balaban J connectivity index is 2.65. The van der Waals surface area contributed by atoms with Crippen molar-refractivity contribution in [1.82, 2.24) is 5.09 Å². The summed E-state index contributed by atoms with van der Waals surface area (Å²) in [4.78, 5) is 0.0769. The highest BCUT2D eigenvalue weighted by molar-refractivity contribution is 7.86. The van der Waals surface area contributed by atoms with Crippen molar-refractivity contribution in [3.05, 3.63) is 29.8 Å². The lowest BCUT2D eigenvalue weighted by Gasteiger charge is -2.21. The summed E-state index contributed by atoms with van der Waals surface area (Å²) in [6, 6.07) is 5.80. The van der Waals surface area contributed by atoms with Crippen molar-refractivity contribution >= 4 is 17.9 Å². The maximum Gasteiger partial charge on any atom is 0.405 e. The molecule has 1 aromatic carbocycles. The molecule has 0 aliphatic rings. The van der Waals surface area contributed by atoms with Gasteiger partial charge in [-0.3, -0.25) is 13.2 Å². The minimum absolute atomic E-state index is 0.0769. The number of hydrogen-bond donors (Lipinski definition) is 1. The normalized spacial score (nSPS) is 13.9. The summed E-state index contributed by atoms with van der Waals surface area (Å²) in [5.74, 6) is 0. The summed E-state index contributed by atoms with van der Waals surface area (Å²) in [6.07, 6.45) is 0. The smallest absolute Gasteiger partial charge is 0.297 e. The predicted octanol–water partition coefficient (Wildman–Crippen LogP) is 2.86. The van der Waals surface area contributed by atoms with Gasteiger partial charge < -0.3 is 0 Å². The van der Waals surface area contributed by atoms with Crippen LogP contribution in [0.2, 0.25) is 0 Å². The molecule has 0 saturated heterocycles. The maximum absolute atomic E-state index is 12.3. The van der Waals surface area contributed by atoms with Crippen molar-refractivity contribution in [1.29, 1.82) is 0 Å². The fourth-order valence-corrected chi connectivity index (χ4v) is 4.23. The Morgan fingerprint density at radius 2 is 1.65 bits per heavy atom. The summed E-state index contributed by atoms with van der Waals surface area (Å²) in [6.45, 7) is 7.10. The number of hydrogen-bond acceptors (Lipinski definition) is 6. The van der Waals surface area contributed by atoms with Gasteiger partial charge in [0, 0.05) is 6.04 Å². The van der Waals surface area contributed by atoms with Gasteiger partial charge in [0.25, 0.3) is 10.1 Å². The Morgan fingerprint density at radius 3 is 2.13 bits per heavy atom. The van der Waals surface area contributed by atoms with E-state index >= 15 is 0 Å². The largest absolute Gasteiger partial charge is 0.405 e. The van der Waals surface area contributed by atoms with Crippen LogP contribution in [0.25, 0.3) is 0 Å². The molecule has 0 unspecified atom stereocenters. The van der Waals surface area contributed by atoms with Gasteiger partial charge in [0.15, 0.2) is 0 Å².